The molecule has 0 spiro atoms. The van der Waals surface area contributed by atoms with Gasteiger partial charge in [-0.3, -0.25) is 0 Å². The lowest BCUT2D eigenvalue weighted by Gasteiger charge is -2.29. The van der Waals surface area contributed by atoms with Crippen LogP contribution in [0.5, 0.6) is 0 Å². The van der Waals surface area contributed by atoms with Crippen LogP contribution in [0.4, 0.5) is 34.1 Å². The van der Waals surface area contributed by atoms with Crippen molar-refractivity contribution in [3.05, 3.63) is 204 Å². The molecular formula is C55H42N4O2. The molecule has 294 valence electrons. The number of hydrogen-bond donors (Lipinski definition) is 0. The molecule has 8 aromatic carbocycles. The number of para-hydroxylation sites is 4. The van der Waals surface area contributed by atoms with Gasteiger partial charge in [0.05, 0.1) is 0 Å². The smallest absolute Gasteiger partial charge is 0.227 e. The first-order chi connectivity index (χ1) is 29.8. The van der Waals surface area contributed by atoms with E-state index in [2.05, 4.69) is 171 Å². The van der Waals surface area contributed by atoms with Crippen molar-refractivity contribution in [2.24, 2.45) is 0 Å². The minimum atomic E-state index is -0.277. The molecule has 0 N–H and O–H groups in total. The van der Waals surface area contributed by atoms with Crippen LogP contribution in [0.1, 0.15) is 36.1 Å². The van der Waals surface area contributed by atoms with Gasteiger partial charge in [0.2, 0.25) is 11.8 Å². The van der Waals surface area contributed by atoms with Crippen LogP contribution in [0.15, 0.2) is 191 Å². The number of anilines is 6. The number of aromatic nitrogens is 2. The van der Waals surface area contributed by atoms with E-state index in [0.29, 0.717) is 11.8 Å². The normalized spacial score (nSPS) is 12.7. The first kappa shape index (κ1) is 36.4. The van der Waals surface area contributed by atoms with Crippen LogP contribution in [-0.2, 0) is 5.41 Å². The van der Waals surface area contributed by atoms with Crippen LogP contribution in [0, 0.1) is 13.8 Å². The second-order valence-corrected chi connectivity index (χ2v) is 16.5. The molecular weight excluding hydrogens is 749 g/mol. The third kappa shape index (κ3) is 6.35. The Morgan fingerprint density at radius 2 is 0.787 bits per heavy atom. The van der Waals surface area contributed by atoms with E-state index in [4.69, 9.17) is 18.8 Å². The second kappa shape index (κ2) is 14.2. The lowest BCUT2D eigenvalue weighted by Crippen LogP contribution is -2.17. The average Bonchev–Trinajstić information content (AvgIpc) is 3.98. The minimum absolute atomic E-state index is 0.277. The molecule has 0 atom stereocenters. The summed E-state index contributed by atoms with van der Waals surface area (Å²) < 4.78 is 12.2. The molecule has 0 unspecified atom stereocenters. The number of benzene rings is 8. The maximum Gasteiger partial charge on any atom is 0.227 e. The Kier molecular flexibility index (Phi) is 8.50. The predicted molar refractivity (Wildman–Crippen MR) is 249 cm³/mol. The molecule has 6 heteroatoms. The van der Waals surface area contributed by atoms with Crippen molar-refractivity contribution in [3.8, 4) is 34.0 Å². The third-order valence-corrected chi connectivity index (χ3v) is 12.0. The maximum atomic E-state index is 6.12. The minimum Gasteiger partial charge on any atom is -0.436 e. The number of nitrogens with zero attached hydrogens (tertiary/aromatic N) is 4. The zero-order chi connectivity index (χ0) is 41.2. The van der Waals surface area contributed by atoms with Crippen molar-refractivity contribution >= 4 is 56.3 Å². The first-order valence-corrected chi connectivity index (χ1v) is 20.7. The van der Waals surface area contributed by atoms with E-state index in [1.807, 2.05) is 48.5 Å². The number of oxazole rings is 2. The zero-order valence-corrected chi connectivity index (χ0v) is 34.4. The highest BCUT2D eigenvalue weighted by Gasteiger charge is 2.37. The Morgan fingerprint density at radius 1 is 0.393 bits per heavy atom. The molecule has 0 amide bonds. The van der Waals surface area contributed by atoms with E-state index in [0.717, 1.165) is 67.5 Å². The monoisotopic (exact) mass is 790 g/mol. The van der Waals surface area contributed by atoms with Crippen LogP contribution in [-0.4, -0.2) is 9.97 Å². The van der Waals surface area contributed by atoms with Gasteiger partial charge in [-0.05, 0) is 169 Å². The van der Waals surface area contributed by atoms with E-state index >= 15 is 0 Å². The summed E-state index contributed by atoms with van der Waals surface area (Å²) in [6, 6.07) is 64.1. The van der Waals surface area contributed by atoms with Gasteiger partial charge in [0, 0.05) is 50.7 Å². The van der Waals surface area contributed by atoms with Gasteiger partial charge in [-0.2, -0.15) is 0 Å². The van der Waals surface area contributed by atoms with Crippen molar-refractivity contribution in [1.29, 1.82) is 0 Å². The Labute approximate surface area is 355 Å². The topological polar surface area (TPSA) is 58.5 Å². The molecule has 1 aliphatic rings. The standard InChI is InChI=1S/C55H42N4O2/c1-35-11-9-13-41(31-35)58(39-23-19-37(20-24-39)53-56-49-15-5-7-17-51(49)60-53)43-27-29-45-46-30-28-44(34-48(46)55(3,4)47(45)33-43)59(42-14-10-12-36(2)32-42)40-25-21-38(22-26-40)54-57-50-16-6-8-18-52(50)61-54/h5-34H,1-4H3. The van der Waals surface area contributed by atoms with Gasteiger partial charge in [-0.1, -0.05) is 74.5 Å². The Hall–Kier alpha value is -7.70. The molecule has 0 fully saturated rings. The molecule has 10 aromatic rings. The van der Waals surface area contributed by atoms with Crippen LogP contribution >= 0.6 is 0 Å². The summed E-state index contributed by atoms with van der Waals surface area (Å²) in [5.74, 6) is 1.23. The summed E-state index contributed by atoms with van der Waals surface area (Å²) in [6.07, 6.45) is 0. The van der Waals surface area contributed by atoms with Crippen LogP contribution in [0.25, 0.3) is 56.2 Å². The predicted octanol–water partition coefficient (Wildman–Crippen LogP) is 15.2. The highest BCUT2D eigenvalue weighted by atomic mass is 16.4. The highest BCUT2D eigenvalue weighted by molar-refractivity contribution is 5.89. The molecule has 0 bridgehead atoms. The first-order valence-electron chi connectivity index (χ1n) is 20.7. The summed E-state index contributed by atoms with van der Waals surface area (Å²) in [5.41, 5.74) is 18.9. The summed E-state index contributed by atoms with van der Waals surface area (Å²) in [6.45, 7) is 8.99. The van der Waals surface area contributed by atoms with E-state index in [1.54, 1.807) is 0 Å². The summed E-state index contributed by atoms with van der Waals surface area (Å²) in [7, 11) is 0. The lowest BCUT2D eigenvalue weighted by atomic mass is 9.82. The van der Waals surface area contributed by atoms with E-state index in [1.165, 1.54) is 33.4 Å². The lowest BCUT2D eigenvalue weighted by molar-refractivity contribution is 0.619. The number of rotatable bonds is 8. The van der Waals surface area contributed by atoms with Crippen LogP contribution in [0.2, 0.25) is 0 Å². The fourth-order valence-corrected chi connectivity index (χ4v) is 8.92. The largest absolute Gasteiger partial charge is 0.436 e. The molecule has 0 saturated carbocycles. The van der Waals surface area contributed by atoms with E-state index < -0.39 is 0 Å². The van der Waals surface area contributed by atoms with Gasteiger partial charge >= 0.3 is 0 Å². The highest BCUT2D eigenvalue weighted by Crippen LogP contribution is 2.52. The summed E-state index contributed by atoms with van der Waals surface area (Å²) in [4.78, 5) is 14.2. The van der Waals surface area contributed by atoms with Gasteiger partial charge in [-0.25, -0.2) is 9.97 Å². The maximum absolute atomic E-state index is 6.12. The van der Waals surface area contributed by atoms with Crippen molar-refractivity contribution < 1.29 is 8.83 Å². The fourth-order valence-electron chi connectivity index (χ4n) is 8.92. The third-order valence-electron chi connectivity index (χ3n) is 12.0. The number of fused-ring (bicyclic) bond motifs is 5. The Bertz CT molecular complexity index is 2980. The van der Waals surface area contributed by atoms with E-state index in [9.17, 15) is 0 Å². The van der Waals surface area contributed by atoms with Crippen molar-refractivity contribution in [2.75, 3.05) is 9.80 Å². The zero-order valence-electron chi connectivity index (χ0n) is 34.4. The van der Waals surface area contributed by atoms with Crippen molar-refractivity contribution in [1.82, 2.24) is 9.97 Å². The molecule has 0 aliphatic heterocycles. The SMILES string of the molecule is Cc1cccc(N(c2ccc(-c3nc4ccccc4o3)cc2)c2ccc3c(c2)C(C)(C)c2cc(N(c4ccc(-c5nc6ccccc6o5)cc4)c4cccc(C)c4)ccc2-3)c1. The van der Waals surface area contributed by atoms with Crippen molar-refractivity contribution in [2.45, 2.75) is 33.1 Å². The molecule has 61 heavy (non-hydrogen) atoms. The number of aryl methyl sites for hydroxylation is 2. The number of hydrogen-bond acceptors (Lipinski definition) is 6. The van der Waals surface area contributed by atoms with Gasteiger partial charge < -0.3 is 18.6 Å². The Balaban J connectivity index is 0.963. The summed E-state index contributed by atoms with van der Waals surface area (Å²) in [5, 5.41) is 0. The molecule has 0 saturated heterocycles. The van der Waals surface area contributed by atoms with Gasteiger partial charge in [-0.15, -0.1) is 0 Å². The van der Waals surface area contributed by atoms with E-state index in [-0.39, 0.29) is 5.41 Å². The molecule has 6 nitrogen and oxygen atoms in total. The summed E-state index contributed by atoms with van der Waals surface area (Å²) >= 11 is 0. The fraction of sp³-hybridized carbons (Fsp3) is 0.0909. The molecule has 0 radical (unpaired) electrons. The van der Waals surface area contributed by atoms with Crippen LogP contribution in [0.3, 0.4) is 0 Å². The quantitative estimate of drug-likeness (QED) is 0.153. The van der Waals surface area contributed by atoms with Crippen molar-refractivity contribution in [3.63, 3.8) is 0 Å². The Morgan fingerprint density at radius 3 is 1.20 bits per heavy atom. The van der Waals surface area contributed by atoms with Gasteiger partial charge in [0.15, 0.2) is 11.2 Å². The average molecular weight is 791 g/mol. The van der Waals surface area contributed by atoms with Crippen LogP contribution < -0.4 is 9.80 Å². The molecule has 1 aliphatic carbocycles. The van der Waals surface area contributed by atoms with Gasteiger partial charge in [0.25, 0.3) is 0 Å². The second-order valence-electron chi connectivity index (χ2n) is 16.5. The molecule has 2 heterocycles. The molecule has 11 rings (SSSR count). The molecule has 2 aromatic heterocycles. The van der Waals surface area contributed by atoms with Gasteiger partial charge in [0.1, 0.15) is 11.0 Å².